The third-order valence-electron chi connectivity index (χ3n) is 4.38. The second kappa shape index (κ2) is 6.84. The zero-order chi connectivity index (χ0) is 17.9. The largest absolute Gasteiger partial charge is 0.414 e. The number of carbonyl (C=O) groups is 1. The van der Waals surface area contributed by atoms with Gasteiger partial charge in [0.25, 0.3) is 0 Å². The van der Waals surface area contributed by atoms with Crippen LogP contribution in [0.25, 0.3) is 0 Å². The monoisotopic (exact) mass is 349 g/mol. The number of pyridine rings is 1. The Hall–Kier alpha value is -2.41. The van der Waals surface area contributed by atoms with Gasteiger partial charge >= 0.3 is 6.18 Å². The van der Waals surface area contributed by atoms with Crippen LogP contribution in [0.5, 0.6) is 0 Å². The summed E-state index contributed by atoms with van der Waals surface area (Å²) in [5.74, 6) is -0.608. The maximum absolute atomic E-state index is 13.4. The number of carbonyl (C=O) groups excluding carboxylic acids is 1. The van der Waals surface area contributed by atoms with Crippen molar-refractivity contribution < 1.29 is 18.0 Å². The fourth-order valence-corrected chi connectivity index (χ4v) is 2.93. The van der Waals surface area contributed by atoms with Crippen LogP contribution < -0.4 is 10.6 Å². The molecule has 0 aliphatic carbocycles. The van der Waals surface area contributed by atoms with E-state index in [1.165, 1.54) is 24.4 Å². The number of aromatic nitrogens is 1. The minimum atomic E-state index is -4.62. The molecule has 1 unspecified atom stereocenters. The van der Waals surface area contributed by atoms with Crippen molar-refractivity contribution in [2.75, 3.05) is 13.1 Å². The van der Waals surface area contributed by atoms with Crippen LogP contribution in [0.4, 0.5) is 13.2 Å². The van der Waals surface area contributed by atoms with Crippen LogP contribution in [0.3, 0.4) is 0 Å². The Labute approximate surface area is 143 Å². The SMILES string of the molecule is O=C(NC(c1ccccn1)C(F)(F)F)C1(Cc2ccccc2)CNC1. The molecule has 25 heavy (non-hydrogen) atoms. The van der Waals surface area contributed by atoms with Crippen LogP contribution in [-0.2, 0) is 11.2 Å². The first kappa shape index (κ1) is 17.4. The number of halogens is 3. The molecule has 0 spiro atoms. The normalized spacial score (nSPS) is 17.4. The van der Waals surface area contributed by atoms with Crippen molar-refractivity contribution in [2.45, 2.75) is 18.6 Å². The summed E-state index contributed by atoms with van der Waals surface area (Å²) in [5, 5.41) is 5.17. The van der Waals surface area contributed by atoms with Crippen LogP contribution in [-0.4, -0.2) is 30.2 Å². The Balaban J connectivity index is 1.80. The molecule has 0 radical (unpaired) electrons. The standard InChI is InChI=1S/C18H18F3N3O/c19-18(20,21)15(14-8-4-5-9-23-14)24-16(25)17(11-22-12-17)10-13-6-2-1-3-7-13/h1-9,15,22H,10-12H2,(H,24,25). The number of alkyl halides is 3. The summed E-state index contributed by atoms with van der Waals surface area (Å²) in [6.45, 7) is 0.695. The molecule has 1 aromatic heterocycles. The third-order valence-corrected chi connectivity index (χ3v) is 4.38. The average Bonchev–Trinajstić information content (AvgIpc) is 2.56. The fraction of sp³-hybridized carbons (Fsp3) is 0.333. The van der Waals surface area contributed by atoms with E-state index in [2.05, 4.69) is 15.6 Å². The highest BCUT2D eigenvalue weighted by atomic mass is 19.4. The second-order valence-electron chi connectivity index (χ2n) is 6.25. The molecule has 1 amide bonds. The van der Waals surface area contributed by atoms with E-state index in [0.717, 1.165) is 5.56 Å². The number of amides is 1. The van der Waals surface area contributed by atoms with Crippen molar-refractivity contribution in [3.8, 4) is 0 Å². The minimum absolute atomic E-state index is 0.217. The first-order valence-corrected chi connectivity index (χ1v) is 7.94. The molecule has 0 bridgehead atoms. The summed E-state index contributed by atoms with van der Waals surface area (Å²) in [4.78, 5) is 16.5. The van der Waals surface area contributed by atoms with E-state index in [0.29, 0.717) is 19.5 Å². The maximum atomic E-state index is 13.4. The first-order chi connectivity index (χ1) is 11.9. The van der Waals surface area contributed by atoms with Gasteiger partial charge in [-0.05, 0) is 24.1 Å². The number of benzene rings is 1. The van der Waals surface area contributed by atoms with Crippen LogP contribution in [0.15, 0.2) is 54.7 Å². The number of hydrogen-bond acceptors (Lipinski definition) is 3. The summed E-state index contributed by atoms with van der Waals surface area (Å²) in [7, 11) is 0. The van der Waals surface area contributed by atoms with Gasteiger partial charge in [-0.15, -0.1) is 0 Å². The van der Waals surface area contributed by atoms with Gasteiger partial charge in [0.15, 0.2) is 6.04 Å². The van der Waals surface area contributed by atoms with Crippen molar-refractivity contribution in [1.82, 2.24) is 15.6 Å². The Bertz CT molecular complexity index is 715. The molecule has 0 saturated carbocycles. The lowest BCUT2D eigenvalue weighted by Crippen LogP contribution is -2.63. The van der Waals surface area contributed by atoms with Crippen LogP contribution >= 0.6 is 0 Å². The van der Waals surface area contributed by atoms with Gasteiger partial charge in [-0.2, -0.15) is 13.2 Å². The zero-order valence-corrected chi connectivity index (χ0v) is 13.4. The lowest BCUT2D eigenvalue weighted by Gasteiger charge is -2.42. The molecule has 1 aliphatic rings. The lowest BCUT2D eigenvalue weighted by molar-refractivity contribution is -0.168. The summed E-state index contributed by atoms with van der Waals surface area (Å²) in [5.41, 5.74) is -0.175. The van der Waals surface area contributed by atoms with Crippen molar-refractivity contribution >= 4 is 5.91 Å². The lowest BCUT2D eigenvalue weighted by atomic mass is 9.75. The van der Waals surface area contributed by atoms with Gasteiger partial charge in [-0.25, -0.2) is 0 Å². The van der Waals surface area contributed by atoms with E-state index in [1.54, 1.807) is 0 Å². The quantitative estimate of drug-likeness (QED) is 0.873. The van der Waals surface area contributed by atoms with Crippen molar-refractivity contribution in [2.24, 2.45) is 5.41 Å². The summed E-state index contributed by atoms with van der Waals surface area (Å²) >= 11 is 0. The minimum Gasteiger partial charge on any atom is -0.339 e. The average molecular weight is 349 g/mol. The van der Waals surface area contributed by atoms with Crippen LogP contribution in [0.1, 0.15) is 17.3 Å². The Morgan fingerprint density at radius 1 is 1.16 bits per heavy atom. The zero-order valence-electron chi connectivity index (χ0n) is 13.4. The second-order valence-corrected chi connectivity index (χ2v) is 6.25. The van der Waals surface area contributed by atoms with Crippen molar-refractivity contribution in [3.05, 3.63) is 66.0 Å². The third kappa shape index (κ3) is 3.82. The van der Waals surface area contributed by atoms with Gasteiger partial charge in [0.2, 0.25) is 5.91 Å². The summed E-state index contributed by atoms with van der Waals surface area (Å²) in [6, 6.07) is 11.4. The molecule has 1 atom stereocenters. The number of rotatable bonds is 5. The smallest absolute Gasteiger partial charge is 0.339 e. The van der Waals surface area contributed by atoms with Gasteiger partial charge in [0.05, 0.1) is 11.1 Å². The van der Waals surface area contributed by atoms with Gasteiger partial charge in [0.1, 0.15) is 0 Å². The topological polar surface area (TPSA) is 54.0 Å². The Kier molecular flexibility index (Phi) is 4.76. The Morgan fingerprint density at radius 3 is 2.36 bits per heavy atom. The molecular formula is C18H18F3N3O. The molecule has 1 saturated heterocycles. The van der Waals surface area contributed by atoms with E-state index in [-0.39, 0.29) is 5.69 Å². The van der Waals surface area contributed by atoms with E-state index < -0.39 is 23.5 Å². The van der Waals surface area contributed by atoms with E-state index in [1.807, 2.05) is 30.3 Å². The molecule has 4 nitrogen and oxygen atoms in total. The highest BCUT2D eigenvalue weighted by Gasteiger charge is 2.49. The number of hydrogen-bond donors (Lipinski definition) is 2. The summed E-state index contributed by atoms with van der Waals surface area (Å²) in [6.07, 6.45) is -2.94. The molecule has 2 aromatic rings. The van der Waals surface area contributed by atoms with Crippen LogP contribution in [0, 0.1) is 5.41 Å². The van der Waals surface area contributed by atoms with Gasteiger partial charge in [0, 0.05) is 19.3 Å². The predicted molar refractivity (Wildman–Crippen MR) is 86.6 cm³/mol. The Morgan fingerprint density at radius 2 is 1.84 bits per heavy atom. The number of nitrogens with zero attached hydrogens (tertiary/aromatic N) is 1. The van der Waals surface area contributed by atoms with E-state index in [9.17, 15) is 18.0 Å². The molecule has 2 heterocycles. The summed E-state index contributed by atoms with van der Waals surface area (Å²) < 4.78 is 40.3. The predicted octanol–water partition coefficient (Wildman–Crippen LogP) is 2.63. The van der Waals surface area contributed by atoms with E-state index >= 15 is 0 Å². The highest BCUT2D eigenvalue weighted by molar-refractivity contribution is 5.85. The van der Waals surface area contributed by atoms with Gasteiger partial charge in [-0.1, -0.05) is 36.4 Å². The maximum Gasteiger partial charge on any atom is 0.414 e. The number of nitrogens with one attached hydrogen (secondary N) is 2. The van der Waals surface area contributed by atoms with Gasteiger partial charge in [-0.3, -0.25) is 9.78 Å². The molecule has 7 heteroatoms. The molecule has 3 rings (SSSR count). The van der Waals surface area contributed by atoms with Gasteiger partial charge < -0.3 is 10.6 Å². The molecular weight excluding hydrogens is 331 g/mol. The van der Waals surface area contributed by atoms with Crippen molar-refractivity contribution in [1.29, 1.82) is 0 Å². The molecule has 1 aliphatic heterocycles. The van der Waals surface area contributed by atoms with Crippen molar-refractivity contribution in [3.63, 3.8) is 0 Å². The molecule has 1 fully saturated rings. The molecule has 132 valence electrons. The molecule has 1 aromatic carbocycles. The van der Waals surface area contributed by atoms with Crippen LogP contribution in [0.2, 0.25) is 0 Å². The molecule has 2 N–H and O–H groups in total. The fourth-order valence-electron chi connectivity index (χ4n) is 2.93. The highest BCUT2D eigenvalue weighted by Crippen LogP contribution is 2.34. The first-order valence-electron chi connectivity index (χ1n) is 7.94. The van der Waals surface area contributed by atoms with E-state index in [4.69, 9.17) is 0 Å².